The Hall–Kier alpha value is -0.850. The summed E-state index contributed by atoms with van der Waals surface area (Å²) in [4.78, 5) is 0. The minimum atomic E-state index is 0.322. The van der Waals surface area contributed by atoms with Crippen LogP contribution in [0.25, 0.3) is 0 Å². The number of phenols is 1. The van der Waals surface area contributed by atoms with E-state index in [4.69, 9.17) is 5.11 Å². The molecule has 0 spiro atoms. The van der Waals surface area contributed by atoms with Crippen molar-refractivity contribution in [2.75, 3.05) is 0 Å². The van der Waals surface area contributed by atoms with E-state index in [0.717, 1.165) is 0 Å². The molecule has 0 saturated heterocycles. The van der Waals surface area contributed by atoms with E-state index >= 15 is 0 Å². The van der Waals surface area contributed by atoms with Gasteiger partial charge in [0, 0.05) is 15.5 Å². The van der Waals surface area contributed by atoms with Crippen molar-refractivity contribution in [1.82, 2.24) is 0 Å². The summed E-state index contributed by atoms with van der Waals surface area (Å²) < 4.78 is 0. The lowest BCUT2D eigenvalue weighted by Crippen LogP contribution is -1.93. The molecular weight excluding hydrogens is 194 g/mol. The summed E-state index contributed by atoms with van der Waals surface area (Å²) in [6, 6.07) is 8.71. The number of rotatable bonds is 0. The second-order valence-electron chi connectivity index (χ2n) is 4.34. The van der Waals surface area contributed by atoms with E-state index in [2.05, 4.69) is 43.2 Å². The molecule has 0 bridgehead atoms. The van der Waals surface area contributed by atoms with Gasteiger partial charge in [0.05, 0.1) is 0 Å². The van der Waals surface area contributed by atoms with Crippen LogP contribution in [0.15, 0.2) is 30.3 Å². The van der Waals surface area contributed by atoms with Gasteiger partial charge in [-0.25, -0.2) is 0 Å². The normalized spacial score (nSPS) is 8.12. The number of aromatic hydroxyl groups is 1. The maximum Gasteiger partial charge on any atom is 0.115 e. The first kappa shape index (κ1) is 20.5. The van der Waals surface area contributed by atoms with E-state index in [-0.39, 0.29) is 0 Å². The van der Waals surface area contributed by atoms with Crippen molar-refractivity contribution in [2.45, 2.75) is 41.5 Å². The molecule has 0 fully saturated rings. The van der Waals surface area contributed by atoms with E-state index < -0.39 is 0 Å². The molecule has 1 N–H and O–H groups in total. The third-order valence-corrected chi connectivity index (χ3v) is 0.756. The second kappa shape index (κ2) is 14.1. The summed E-state index contributed by atoms with van der Waals surface area (Å²) >= 11 is 0. The van der Waals surface area contributed by atoms with Gasteiger partial charge in [0.25, 0.3) is 0 Å². The maximum absolute atomic E-state index is 8.63. The van der Waals surface area contributed by atoms with Crippen molar-refractivity contribution in [3.8, 4) is 5.75 Å². The van der Waals surface area contributed by atoms with E-state index in [1.165, 1.54) is 0 Å². The van der Waals surface area contributed by atoms with Crippen molar-refractivity contribution in [1.29, 1.82) is 0 Å². The van der Waals surface area contributed by atoms with Gasteiger partial charge in [-0.3, -0.25) is 0 Å². The number of benzene rings is 1. The highest BCUT2D eigenvalue weighted by Gasteiger charge is 1.95. The highest BCUT2D eigenvalue weighted by atomic mass is 16.3. The summed E-state index contributed by atoms with van der Waals surface area (Å²) in [5.41, 5.74) is 0.500. The van der Waals surface area contributed by atoms with Crippen LogP contribution in [0.5, 0.6) is 5.75 Å². The SMILES string of the molecule is CC.CC(C)(C)C.Oc1ccccc1.[B][B]. The summed E-state index contributed by atoms with van der Waals surface area (Å²) in [5.74, 6) is 0.322. The van der Waals surface area contributed by atoms with Crippen LogP contribution < -0.4 is 0 Å². The van der Waals surface area contributed by atoms with Crippen molar-refractivity contribution < 1.29 is 5.11 Å². The molecule has 1 rings (SSSR count). The van der Waals surface area contributed by atoms with Crippen LogP contribution in [0, 0.1) is 5.41 Å². The van der Waals surface area contributed by atoms with Crippen LogP contribution in [0.4, 0.5) is 0 Å². The van der Waals surface area contributed by atoms with Gasteiger partial charge in [0.1, 0.15) is 5.75 Å². The fraction of sp³-hybridized carbons (Fsp3) is 0.538. The molecule has 0 aliphatic rings. The molecule has 4 radical (unpaired) electrons. The Bertz CT molecular complexity index is 199. The zero-order valence-corrected chi connectivity index (χ0v) is 11.5. The van der Waals surface area contributed by atoms with E-state index in [0.29, 0.717) is 11.2 Å². The average Bonchev–Trinajstić information content (AvgIpc) is 2.22. The van der Waals surface area contributed by atoms with Crippen LogP contribution in [0.1, 0.15) is 41.5 Å². The summed E-state index contributed by atoms with van der Waals surface area (Å²) in [6.45, 7) is 12.8. The predicted molar refractivity (Wildman–Crippen MR) is 76.1 cm³/mol. The Kier molecular flexibility index (Phi) is 18.2. The topological polar surface area (TPSA) is 20.2 Å². The van der Waals surface area contributed by atoms with E-state index in [1.54, 1.807) is 24.3 Å². The Morgan fingerprint density at radius 1 is 0.875 bits per heavy atom. The summed E-state index contributed by atoms with van der Waals surface area (Å²) in [6.07, 6.45) is 0. The largest absolute Gasteiger partial charge is 0.508 e. The van der Waals surface area contributed by atoms with Gasteiger partial charge in [-0.05, 0) is 17.5 Å². The summed E-state index contributed by atoms with van der Waals surface area (Å²) in [7, 11) is 8.00. The lowest BCUT2D eigenvalue weighted by molar-refractivity contribution is 0.469. The molecule has 0 saturated carbocycles. The van der Waals surface area contributed by atoms with Crippen LogP contribution in [-0.2, 0) is 0 Å². The Morgan fingerprint density at radius 3 is 1.25 bits per heavy atom. The van der Waals surface area contributed by atoms with Crippen molar-refractivity contribution in [3.63, 3.8) is 0 Å². The minimum Gasteiger partial charge on any atom is -0.508 e. The van der Waals surface area contributed by atoms with Gasteiger partial charge in [0.15, 0.2) is 0 Å². The smallest absolute Gasteiger partial charge is 0.115 e. The van der Waals surface area contributed by atoms with Gasteiger partial charge in [-0.2, -0.15) is 0 Å². The van der Waals surface area contributed by atoms with E-state index in [1.807, 2.05) is 19.9 Å². The van der Waals surface area contributed by atoms with E-state index in [9.17, 15) is 0 Å². The molecule has 0 heterocycles. The second-order valence-corrected chi connectivity index (χ2v) is 4.34. The molecule has 0 aromatic heterocycles. The van der Waals surface area contributed by atoms with Crippen LogP contribution in [-0.4, -0.2) is 20.6 Å². The Balaban J connectivity index is -0.000000167. The van der Waals surface area contributed by atoms with Crippen LogP contribution >= 0.6 is 0 Å². The molecule has 88 valence electrons. The number of para-hydroxylation sites is 1. The number of hydrogen-bond acceptors (Lipinski definition) is 1. The van der Waals surface area contributed by atoms with Crippen molar-refractivity contribution >= 4 is 15.5 Å². The Labute approximate surface area is 104 Å². The predicted octanol–water partition coefficient (Wildman–Crippen LogP) is 3.71. The van der Waals surface area contributed by atoms with Gasteiger partial charge >= 0.3 is 0 Å². The highest BCUT2D eigenvalue weighted by molar-refractivity contribution is 6.75. The molecule has 1 aromatic rings. The monoisotopic (exact) mass is 218 g/mol. The zero-order valence-electron chi connectivity index (χ0n) is 11.5. The standard InChI is InChI=1S/C6H6O.C5H12.C2H6.B2/c7-6-4-2-1-3-5-6;1-5(2,3)4;2*1-2/h1-5,7H;1-4H3;1-2H3;. The Morgan fingerprint density at radius 2 is 1.12 bits per heavy atom. The first-order valence-electron chi connectivity index (χ1n) is 5.47. The van der Waals surface area contributed by atoms with Gasteiger partial charge in [-0.15, -0.1) is 0 Å². The number of phenolic OH excluding ortho intramolecular Hbond substituents is 1. The first-order valence-corrected chi connectivity index (χ1v) is 5.47. The van der Waals surface area contributed by atoms with Crippen LogP contribution in [0.3, 0.4) is 0 Å². The van der Waals surface area contributed by atoms with Gasteiger partial charge in [0.2, 0.25) is 0 Å². The van der Waals surface area contributed by atoms with Gasteiger partial charge < -0.3 is 5.11 Å². The molecule has 0 aliphatic carbocycles. The molecule has 16 heavy (non-hydrogen) atoms. The molecule has 3 heteroatoms. The molecule has 0 atom stereocenters. The first-order chi connectivity index (χ1) is 7.39. The quantitative estimate of drug-likeness (QED) is 0.658. The average molecular weight is 218 g/mol. The maximum atomic E-state index is 8.63. The molecule has 0 aliphatic heterocycles. The molecular formula is C13H24B2O. The van der Waals surface area contributed by atoms with Gasteiger partial charge in [-0.1, -0.05) is 59.7 Å². The molecule has 0 amide bonds. The molecule has 1 aromatic carbocycles. The fourth-order valence-electron chi connectivity index (χ4n) is 0.428. The lowest BCUT2D eigenvalue weighted by Gasteiger charge is -2.05. The third kappa shape index (κ3) is 38.0. The third-order valence-electron chi connectivity index (χ3n) is 0.756. The van der Waals surface area contributed by atoms with Crippen molar-refractivity contribution in [2.24, 2.45) is 5.41 Å². The van der Waals surface area contributed by atoms with Crippen molar-refractivity contribution in [3.05, 3.63) is 30.3 Å². The lowest BCUT2D eigenvalue weighted by atomic mass is 9.81. The molecule has 0 unspecified atom stereocenters. The van der Waals surface area contributed by atoms with Crippen LogP contribution in [0.2, 0.25) is 0 Å². The zero-order chi connectivity index (χ0) is 13.6. The fourth-order valence-corrected chi connectivity index (χ4v) is 0.428. The molecule has 1 nitrogen and oxygen atoms in total. The minimum absolute atomic E-state index is 0.322. The highest BCUT2D eigenvalue weighted by Crippen LogP contribution is 2.08. The summed E-state index contributed by atoms with van der Waals surface area (Å²) in [5, 5.41) is 8.63. The number of hydrogen-bond donors (Lipinski definition) is 1.